The summed E-state index contributed by atoms with van der Waals surface area (Å²) in [6.07, 6.45) is 6.04. The lowest BCUT2D eigenvalue weighted by Crippen LogP contribution is -1.90. The van der Waals surface area contributed by atoms with Crippen LogP contribution in [0, 0.1) is 6.79 Å². The van der Waals surface area contributed by atoms with Gasteiger partial charge < -0.3 is 9.84 Å². The van der Waals surface area contributed by atoms with E-state index in [0.717, 1.165) is 6.42 Å². The molecule has 0 unspecified atom stereocenters. The summed E-state index contributed by atoms with van der Waals surface area (Å²) in [6.45, 7) is 4.44. The molecular weight excluding hydrogens is 128 g/mol. The van der Waals surface area contributed by atoms with Crippen LogP contribution in [0.4, 0.5) is 0 Å². The normalized spacial score (nSPS) is 10.2. The summed E-state index contributed by atoms with van der Waals surface area (Å²) in [4.78, 5) is 0. The fraction of sp³-hybridized carbons (Fsp3) is 0.875. The molecule has 0 aliphatic carbocycles. The van der Waals surface area contributed by atoms with Crippen molar-refractivity contribution in [2.75, 3.05) is 6.61 Å². The molecule has 0 bridgehead atoms. The van der Waals surface area contributed by atoms with E-state index in [-0.39, 0.29) is 0 Å². The molecule has 10 heavy (non-hydrogen) atoms. The van der Waals surface area contributed by atoms with Gasteiger partial charge in [-0.05, 0) is 6.42 Å². The van der Waals surface area contributed by atoms with Crippen LogP contribution in [0.25, 0.3) is 0 Å². The topological polar surface area (TPSA) is 29.5 Å². The van der Waals surface area contributed by atoms with E-state index in [1.54, 1.807) is 6.79 Å². The van der Waals surface area contributed by atoms with Crippen LogP contribution in [0.5, 0.6) is 0 Å². The average Bonchev–Trinajstić information content (AvgIpc) is 1.97. The Morgan fingerprint density at radius 1 is 1.20 bits per heavy atom. The van der Waals surface area contributed by atoms with E-state index < -0.39 is 0 Å². The summed E-state index contributed by atoms with van der Waals surface area (Å²) in [5, 5.41) is 8.00. The van der Waals surface area contributed by atoms with E-state index >= 15 is 0 Å². The van der Waals surface area contributed by atoms with Gasteiger partial charge in [0.2, 0.25) is 0 Å². The van der Waals surface area contributed by atoms with Crippen molar-refractivity contribution in [3.63, 3.8) is 0 Å². The highest BCUT2D eigenvalue weighted by Crippen LogP contribution is 2.02. The molecule has 60 valence electrons. The Labute approximate surface area is 63.2 Å². The molecule has 0 atom stereocenters. The van der Waals surface area contributed by atoms with Crippen molar-refractivity contribution in [2.45, 2.75) is 39.0 Å². The van der Waals surface area contributed by atoms with E-state index in [0.29, 0.717) is 6.61 Å². The molecule has 0 aromatic carbocycles. The monoisotopic (exact) mass is 144 g/mol. The summed E-state index contributed by atoms with van der Waals surface area (Å²) in [6, 6.07) is 0. The SMILES string of the molecule is CCCCCCCO[C]O. The Kier molecular flexibility index (Phi) is 8.85. The third kappa shape index (κ3) is 7.92. The third-order valence-corrected chi connectivity index (χ3v) is 1.41. The van der Waals surface area contributed by atoms with Crippen LogP contribution >= 0.6 is 0 Å². The van der Waals surface area contributed by atoms with Gasteiger partial charge in [0.25, 0.3) is 6.79 Å². The van der Waals surface area contributed by atoms with Gasteiger partial charge in [0.15, 0.2) is 0 Å². The Morgan fingerprint density at radius 2 is 1.90 bits per heavy atom. The standard InChI is InChI=1S/C8H16O2/c1-2-3-4-5-6-7-10-8-9/h9H,2-7H2,1H3. The van der Waals surface area contributed by atoms with Crippen LogP contribution in [0.2, 0.25) is 0 Å². The van der Waals surface area contributed by atoms with Gasteiger partial charge >= 0.3 is 0 Å². The van der Waals surface area contributed by atoms with Crippen LogP contribution in [0.3, 0.4) is 0 Å². The fourth-order valence-corrected chi connectivity index (χ4v) is 0.823. The fourth-order valence-electron chi connectivity index (χ4n) is 0.823. The van der Waals surface area contributed by atoms with Crippen molar-refractivity contribution in [1.29, 1.82) is 0 Å². The molecule has 0 aliphatic rings. The summed E-state index contributed by atoms with van der Waals surface area (Å²) >= 11 is 0. The van der Waals surface area contributed by atoms with E-state index in [2.05, 4.69) is 11.7 Å². The Bertz CT molecular complexity index is 47.2. The van der Waals surface area contributed by atoms with Gasteiger partial charge in [-0.1, -0.05) is 32.6 Å². The average molecular weight is 144 g/mol. The van der Waals surface area contributed by atoms with Gasteiger partial charge in [0, 0.05) is 0 Å². The predicted molar refractivity (Wildman–Crippen MR) is 39.9 cm³/mol. The molecule has 2 nitrogen and oxygen atoms in total. The van der Waals surface area contributed by atoms with Crippen LogP contribution in [-0.4, -0.2) is 11.7 Å². The Morgan fingerprint density at radius 3 is 2.50 bits per heavy atom. The first-order chi connectivity index (χ1) is 4.91. The van der Waals surface area contributed by atoms with Crippen molar-refractivity contribution in [3.05, 3.63) is 6.79 Å². The third-order valence-electron chi connectivity index (χ3n) is 1.41. The first kappa shape index (κ1) is 9.92. The minimum absolute atomic E-state index is 0.597. The molecule has 0 rings (SSSR count). The molecule has 0 spiro atoms. The van der Waals surface area contributed by atoms with E-state index in [1.165, 1.54) is 25.7 Å². The highest BCUT2D eigenvalue weighted by molar-refractivity contribution is 4.41. The summed E-state index contributed by atoms with van der Waals surface area (Å²) in [7, 11) is 0. The van der Waals surface area contributed by atoms with Crippen LogP contribution in [0.15, 0.2) is 0 Å². The molecule has 1 N–H and O–H groups in total. The maximum atomic E-state index is 8.00. The summed E-state index contributed by atoms with van der Waals surface area (Å²) in [5.41, 5.74) is 0. The maximum absolute atomic E-state index is 8.00. The van der Waals surface area contributed by atoms with E-state index in [4.69, 9.17) is 5.11 Å². The van der Waals surface area contributed by atoms with Gasteiger partial charge in [0.05, 0.1) is 6.61 Å². The molecule has 0 aromatic heterocycles. The van der Waals surface area contributed by atoms with Crippen LogP contribution in [-0.2, 0) is 4.74 Å². The summed E-state index contributed by atoms with van der Waals surface area (Å²) < 4.78 is 4.52. The van der Waals surface area contributed by atoms with Crippen molar-refractivity contribution >= 4 is 0 Å². The number of hydrogen-bond donors (Lipinski definition) is 1. The maximum Gasteiger partial charge on any atom is 0.289 e. The van der Waals surface area contributed by atoms with E-state index in [1.807, 2.05) is 0 Å². The minimum atomic E-state index is 0.597. The second-order valence-electron chi connectivity index (χ2n) is 2.35. The first-order valence-electron chi connectivity index (χ1n) is 3.92. The lowest BCUT2D eigenvalue weighted by atomic mass is 10.2. The highest BCUT2D eigenvalue weighted by atomic mass is 16.6. The van der Waals surface area contributed by atoms with Crippen molar-refractivity contribution < 1.29 is 9.84 Å². The number of hydrogen-bond acceptors (Lipinski definition) is 2. The van der Waals surface area contributed by atoms with Gasteiger partial charge in [-0.15, -0.1) is 0 Å². The second kappa shape index (κ2) is 8.92. The molecule has 0 heterocycles. The van der Waals surface area contributed by atoms with Crippen LogP contribution < -0.4 is 0 Å². The first-order valence-corrected chi connectivity index (χ1v) is 3.92. The molecule has 2 radical (unpaired) electrons. The smallest absolute Gasteiger partial charge is 0.289 e. The lowest BCUT2D eigenvalue weighted by Gasteiger charge is -1.97. The van der Waals surface area contributed by atoms with Crippen molar-refractivity contribution in [1.82, 2.24) is 0 Å². The lowest BCUT2D eigenvalue weighted by molar-refractivity contribution is 0.0757. The Hall–Kier alpha value is -0.0800. The molecule has 0 saturated carbocycles. The van der Waals surface area contributed by atoms with Crippen LogP contribution in [0.1, 0.15) is 39.0 Å². The zero-order chi connectivity index (χ0) is 7.66. The quantitative estimate of drug-likeness (QED) is 0.556. The largest absolute Gasteiger partial charge is 0.357 e. The minimum Gasteiger partial charge on any atom is -0.357 e. The number of aliphatic hydroxyl groups excluding tert-OH is 1. The molecule has 2 heteroatoms. The molecule has 0 amide bonds. The Balaban J connectivity index is 2.65. The zero-order valence-corrected chi connectivity index (χ0v) is 6.60. The van der Waals surface area contributed by atoms with Gasteiger partial charge in [-0.3, -0.25) is 0 Å². The number of rotatable bonds is 7. The molecule has 0 fully saturated rings. The van der Waals surface area contributed by atoms with Crippen molar-refractivity contribution in [2.24, 2.45) is 0 Å². The zero-order valence-electron chi connectivity index (χ0n) is 6.60. The number of unbranched alkanes of at least 4 members (excludes halogenated alkanes) is 4. The van der Waals surface area contributed by atoms with Crippen molar-refractivity contribution in [3.8, 4) is 0 Å². The molecule has 0 aromatic rings. The number of aliphatic hydroxyl groups is 1. The van der Waals surface area contributed by atoms with Gasteiger partial charge in [-0.2, -0.15) is 0 Å². The molecule has 0 aliphatic heterocycles. The van der Waals surface area contributed by atoms with E-state index in [9.17, 15) is 0 Å². The second-order valence-corrected chi connectivity index (χ2v) is 2.35. The summed E-state index contributed by atoms with van der Waals surface area (Å²) in [5.74, 6) is 0. The van der Waals surface area contributed by atoms with Gasteiger partial charge in [-0.25, -0.2) is 0 Å². The molecular formula is C8H16O2. The highest BCUT2D eigenvalue weighted by Gasteiger charge is 1.88. The van der Waals surface area contributed by atoms with Gasteiger partial charge in [0.1, 0.15) is 0 Å². The number of ether oxygens (including phenoxy) is 1. The molecule has 0 saturated heterocycles. The predicted octanol–water partition coefficient (Wildman–Crippen LogP) is 2.34.